The summed E-state index contributed by atoms with van der Waals surface area (Å²) < 4.78 is 19.0. The van der Waals surface area contributed by atoms with Crippen LogP contribution in [0, 0.1) is 0 Å². The molecular formula is C16H16BrNO2S. The molecule has 0 saturated heterocycles. The van der Waals surface area contributed by atoms with Crippen molar-refractivity contribution in [2.24, 2.45) is 5.73 Å². The van der Waals surface area contributed by atoms with Crippen LogP contribution >= 0.6 is 15.9 Å². The van der Waals surface area contributed by atoms with Gasteiger partial charge in [-0.1, -0.05) is 28.1 Å². The maximum atomic E-state index is 12.8. The van der Waals surface area contributed by atoms with Gasteiger partial charge in [-0.2, -0.15) is 0 Å². The summed E-state index contributed by atoms with van der Waals surface area (Å²) in [6.45, 7) is 0. The zero-order valence-electron chi connectivity index (χ0n) is 11.6. The molecule has 3 unspecified atom stereocenters. The first-order chi connectivity index (χ1) is 10.1. The minimum Gasteiger partial charge on any atom is -0.497 e. The molecule has 2 aromatic rings. The van der Waals surface area contributed by atoms with Gasteiger partial charge in [-0.15, -0.1) is 0 Å². The predicted octanol–water partition coefficient (Wildman–Crippen LogP) is 3.19. The molecule has 3 atom stereocenters. The minimum absolute atomic E-state index is 0.0959. The Bertz CT molecular complexity index is 704. The number of nitrogens with two attached hydrogens (primary N) is 1. The Balaban J connectivity index is 1.90. The average molecular weight is 366 g/mol. The summed E-state index contributed by atoms with van der Waals surface area (Å²) in [7, 11) is 0.508. The summed E-state index contributed by atoms with van der Waals surface area (Å²) in [6.07, 6.45) is 0.736. The number of ether oxygens (including phenoxy) is 1. The summed E-state index contributed by atoms with van der Waals surface area (Å²) in [6, 6.07) is 13.3. The molecule has 0 saturated carbocycles. The van der Waals surface area contributed by atoms with Gasteiger partial charge in [0, 0.05) is 15.4 Å². The molecule has 0 spiro atoms. The molecule has 1 aliphatic carbocycles. The number of fused-ring (bicyclic) bond motifs is 1. The Kier molecular flexibility index (Phi) is 4.15. The van der Waals surface area contributed by atoms with E-state index in [9.17, 15) is 4.21 Å². The Morgan fingerprint density at radius 1 is 1.29 bits per heavy atom. The molecule has 21 heavy (non-hydrogen) atoms. The Morgan fingerprint density at radius 3 is 2.81 bits per heavy atom. The molecule has 2 N–H and O–H groups in total. The van der Waals surface area contributed by atoms with Crippen molar-refractivity contribution in [1.29, 1.82) is 0 Å². The van der Waals surface area contributed by atoms with Crippen LogP contribution in [0.2, 0.25) is 0 Å². The molecular weight excluding hydrogens is 350 g/mol. The molecule has 3 nitrogen and oxygen atoms in total. The van der Waals surface area contributed by atoms with Gasteiger partial charge in [0.15, 0.2) is 0 Å². The Hall–Kier alpha value is -1.17. The SMILES string of the molecule is COc1ccc2c(c1)C(N)C(S(=O)c1cccc(Br)c1)C2. The number of methoxy groups -OCH3 is 1. The molecule has 0 bridgehead atoms. The van der Waals surface area contributed by atoms with Crippen LogP contribution < -0.4 is 10.5 Å². The van der Waals surface area contributed by atoms with E-state index in [2.05, 4.69) is 15.9 Å². The van der Waals surface area contributed by atoms with Crippen LogP contribution in [-0.4, -0.2) is 16.6 Å². The summed E-state index contributed by atoms with van der Waals surface area (Å²) in [5.41, 5.74) is 8.54. The van der Waals surface area contributed by atoms with Gasteiger partial charge in [0.05, 0.1) is 23.2 Å². The summed E-state index contributed by atoms with van der Waals surface area (Å²) in [4.78, 5) is 0.810. The van der Waals surface area contributed by atoms with Crippen LogP contribution in [0.3, 0.4) is 0 Å². The van der Waals surface area contributed by atoms with Crippen LogP contribution in [0.4, 0.5) is 0 Å². The number of benzene rings is 2. The quantitative estimate of drug-likeness (QED) is 0.908. The number of hydrogen-bond acceptors (Lipinski definition) is 3. The maximum absolute atomic E-state index is 12.8. The molecule has 0 heterocycles. The van der Waals surface area contributed by atoms with Crippen molar-refractivity contribution in [3.05, 3.63) is 58.1 Å². The smallest absolute Gasteiger partial charge is 0.119 e. The van der Waals surface area contributed by atoms with E-state index in [0.29, 0.717) is 0 Å². The Morgan fingerprint density at radius 2 is 2.10 bits per heavy atom. The lowest BCUT2D eigenvalue weighted by Crippen LogP contribution is -2.26. The molecule has 3 rings (SSSR count). The van der Waals surface area contributed by atoms with Crippen molar-refractivity contribution in [2.75, 3.05) is 7.11 Å². The first-order valence-corrected chi connectivity index (χ1v) is 8.69. The number of rotatable bonds is 3. The van der Waals surface area contributed by atoms with E-state index >= 15 is 0 Å². The zero-order valence-corrected chi connectivity index (χ0v) is 14.0. The van der Waals surface area contributed by atoms with E-state index in [0.717, 1.165) is 32.7 Å². The zero-order chi connectivity index (χ0) is 15.0. The van der Waals surface area contributed by atoms with Gasteiger partial charge in [-0.25, -0.2) is 0 Å². The highest BCUT2D eigenvalue weighted by molar-refractivity contribution is 9.10. The van der Waals surface area contributed by atoms with Gasteiger partial charge in [0.2, 0.25) is 0 Å². The van der Waals surface area contributed by atoms with Crippen LogP contribution in [-0.2, 0) is 17.2 Å². The van der Waals surface area contributed by atoms with E-state index in [4.69, 9.17) is 10.5 Å². The van der Waals surface area contributed by atoms with Crippen molar-refractivity contribution < 1.29 is 8.95 Å². The molecule has 5 heteroatoms. The van der Waals surface area contributed by atoms with Crippen molar-refractivity contribution in [3.63, 3.8) is 0 Å². The fourth-order valence-electron chi connectivity index (χ4n) is 2.72. The second-order valence-corrected chi connectivity index (χ2v) is 7.68. The van der Waals surface area contributed by atoms with E-state index < -0.39 is 10.8 Å². The third kappa shape index (κ3) is 2.78. The molecule has 0 fully saturated rings. The summed E-state index contributed by atoms with van der Waals surface area (Å²) in [5.74, 6) is 0.790. The van der Waals surface area contributed by atoms with Gasteiger partial charge in [0.1, 0.15) is 5.75 Å². The third-order valence-electron chi connectivity index (χ3n) is 3.84. The minimum atomic E-state index is -1.13. The fraction of sp³-hybridized carbons (Fsp3) is 0.250. The van der Waals surface area contributed by atoms with E-state index in [1.165, 1.54) is 0 Å². The highest BCUT2D eigenvalue weighted by Crippen LogP contribution is 2.36. The predicted molar refractivity (Wildman–Crippen MR) is 88.0 cm³/mol. The van der Waals surface area contributed by atoms with Gasteiger partial charge >= 0.3 is 0 Å². The number of hydrogen-bond donors (Lipinski definition) is 1. The van der Waals surface area contributed by atoms with Gasteiger partial charge < -0.3 is 10.5 Å². The van der Waals surface area contributed by atoms with Crippen molar-refractivity contribution in [3.8, 4) is 5.75 Å². The van der Waals surface area contributed by atoms with Gasteiger partial charge in [0.25, 0.3) is 0 Å². The second-order valence-electron chi connectivity index (χ2n) is 5.09. The number of halogens is 1. The van der Waals surface area contributed by atoms with E-state index in [1.807, 2.05) is 42.5 Å². The molecule has 0 aromatic heterocycles. The normalized spacial score (nSPS) is 21.9. The molecule has 0 radical (unpaired) electrons. The van der Waals surface area contributed by atoms with Crippen LogP contribution in [0.5, 0.6) is 5.75 Å². The fourth-order valence-corrected chi connectivity index (χ4v) is 4.82. The summed E-state index contributed by atoms with van der Waals surface area (Å²) in [5, 5.41) is -0.0959. The molecule has 1 aliphatic rings. The molecule has 0 aliphatic heterocycles. The standard InChI is InChI=1S/C16H16BrNO2S/c1-20-12-6-5-10-7-15(16(18)14(10)9-12)21(19)13-4-2-3-11(17)8-13/h2-6,8-9,15-16H,7,18H2,1H3. The largest absolute Gasteiger partial charge is 0.497 e. The first kappa shape index (κ1) is 14.8. The lowest BCUT2D eigenvalue weighted by atomic mass is 10.1. The third-order valence-corrected chi connectivity index (χ3v) is 6.06. The molecule has 110 valence electrons. The highest BCUT2D eigenvalue weighted by atomic mass is 79.9. The van der Waals surface area contributed by atoms with Crippen LogP contribution in [0.1, 0.15) is 17.2 Å². The topological polar surface area (TPSA) is 52.3 Å². The van der Waals surface area contributed by atoms with Crippen molar-refractivity contribution in [1.82, 2.24) is 0 Å². The lowest BCUT2D eigenvalue weighted by molar-refractivity contribution is 0.414. The van der Waals surface area contributed by atoms with Crippen molar-refractivity contribution >= 4 is 26.7 Å². The van der Waals surface area contributed by atoms with Crippen molar-refractivity contribution in [2.45, 2.75) is 22.6 Å². The van der Waals surface area contributed by atoms with Gasteiger partial charge in [-0.05, 0) is 47.9 Å². The molecule has 0 amide bonds. The lowest BCUT2D eigenvalue weighted by Gasteiger charge is -2.16. The monoisotopic (exact) mass is 365 g/mol. The summed E-state index contributed by atoms with van der Waals surface area (Å²) >= 11 is 3.42. The van der Waals surface area contributed by atoms with Gasteiger partial charge in [-0.3, -0.25) is 4.21 Å². The Labute approximate surface area is 135 Å². The molecule has 2 aromatic carbocycles. The maximum Gasteiger partial charge on any atom is 0.119 e. The average Bonchev–Trinajstić information content (AvgIpc) is 2.83. The second kappa shape index (κ2) is 5.91. The van der Waals surface area contributed by atoms with E-state index in [-0.39, 0.29) is 11.3 Å². The van der Waals surface area contributed by atoms with Crippen LogP contribution in [0.15, 0.2) is 51.8 Å². The van der Waals surface area contributed by atoms with E-state index in [1.54, 1.807) is 7.11 Å². The van der Waals surface area contributed by atoms with Crippen LogP contribution in [0.25, 0.3) is 0 Å². The highest BCUT2D eigenvalue weighted by Gasteiger charge is 2.34. The first-order valence-electron chi connectivity index (χ1n) is 6.68.